The Morgan fingerprint density at radius 2 is 1.65 bits per heavy atom. The van der Waals surface area contributed by atoms with Crippen LogP contribution in [0.1, 0.15) is 11.1 Å². The number of piperidine rings is 1. The van der Waals surface area contributed by atoms with Gasteiger partial charge in [0.25, 0.3) is 0 Å². The van der Waals surface area contributed by atoms with Gasteiger partial charge in [0.1, 0.15) is 24.6 Å². The van der Waals surface area contributed by atoms with Gasteiger partial charge in [-0.1, -0.05) is 42.5 Å². The predicted octanol–water partition coefficient (Wildman–Crippen LogP) is 0.525. The lowest BCUT2D eigenvalue weighted by atomic mass is 9.93. The van der Waals surface area contributed by atoms with Crippen LogP contribution in [-0.2, 0) is 13.2 Å². The van der Waals surface area contributed by atoms with Gasteiger partial charge >= 0.3 is 0 Å². The first-order chi connectivity index (χ1) is 12.6. The highest BCUT2D eigenvalue weighted by atomic mass is 16.5. The molecule has 4 N–H and O–H groups in total. The van der Waals surface area contributed by atoms with Gasteiger partial charge in [-0.2, -0.15) is 0 Å². The van der Waals surface area contributed by atoms with Crippen molar-refractivity contribution < 1.29 is 25.2 Å². The maximum absolute atomic E-state index is 10.1. The summed E-state index contributed by atoms with van der Waals surface area (Å²) in [7, 11) is 0. The summed E-state index contributed by atoms with van der Waals surface area (Å²) in [5, 5.41) is 39.4. The molecule has 3 rings (SSSR count). The molecule has 0 radical (unpaired) electrons. The SMILES string of the molecule is OC[C@H]1[C@@H](O)[C@H](O)[C@@H](O)CN1Cc1cccc(OCc2ccccc2)c1. The van der Waals surface area contributed by atoms with Crippen molar-refractivity contribution in [2.75, 3.05) is 13.2 Å². The van der Waals surface area contributed by atoms with Gasteiger partial charge in [-0.3, -0.25) is 4.90 Å². The monoisotopic (exact) mass is 359 g/mol. The molecule has 1 saturated heterocycles. The van der Waals surface area contributed by atoms with Gasteiger partial charge in [0, 0.05) is 13.1 Å². The molecule has 0 aliphatic carbocycles. The molecular formula is C20H25NO5. The van der Waals surface area contributed by atoms with Crippen LogP contribution < -0.4 is 4.74 Å². The van der Waals surface area contributed by atoms with Crippen LogP contribution in [0.25, 0.3) is 0 Å². The van der Waals surface area contributed by atoms with Crippen LogP contribution >= 0.6 is 0 Å². The van der Waals surface area contributed by atoms with E-state index < -0.39 is 24.4 Å². The molecule has 2 aromatic carbocycles. The molecule has 0 unspecified atom stereocenters. The molecule has 26 heavy (non-hydrogen) atoms. The summed E-state index contributed by atoms with van der Waals surface area (Å²) in [6, 6.07) is 16.8. The number of β-amino-alcohol motifs (C(OH)–C–C–N with tert-alkyl or cyclic N) is 1. The summed E-state index contributed by atoms with van der Waals surface area (Å²) in [6.07, 6.45) is -3.49. The van der Waals surface area contributed by atoms with Crippen molar-refractivity contribution in [2.45, 2.75) is 37.5 Å². The second kappa shape index (κ2) is 8.62. The van der Waals surface area contributed by atoms with Crippen LogP contribution in [0.4, 0.5) is 0 Å². The summed E-state index contributed by atoms with van der Waals surface area (Å²) < 4.78 is 5.83. The van der Waals surface area contributed by atoms with Crippen LogP contribution in [0.3, 0.4) is 0 Å². The Balaban J connectivity index is 1.66. The first-order valence-corrected chi connectivity index (χ1v) is 8.73. The van der Waals surface area contributed by atoms with Crippen molar-refractivity contribution in [3.05, 3.63) is 65.7 Å². The lowest BCUT2D eigenvalue weighted by Gasteiger charge is -2.43. The van der Waals surface area contributed by atoms with Crippen molar-refractivity contribution in [2.24, 2.45) is 0 Å². The third-order valence-electron chi connectivity index (χ3n) is 4.75. The van der Waals surface area contributed by atoms with Gasteiger partial charge in [0.2, 0.25) is 0 Å². The highest BCUT2D eigenvalue weighted by Crippen LogP contribution is 2.23. The fourth-order valence-electron chi connectivity index (χ4n) is 3.27. The molecule has 2 aromatic rings. The first-order valence-electron chi connectivity index (χ1n) is 8.73. The van der Waals surface area contributed by atoms with E-state index in [4.69, 9.17) is 4.74 Å². The third kappa shape index (κ3) is 4.41. The Morgan fingerprint density at radius 1 is 0.923 bits per heavy atom. The Hall–Kier alpha value is -1.96. The van der Waals surface area contributed by atoms with Gasteiger partial charge in [0.15, 0.2) is 0 Å². The van der Waals surface area contributed by atoms with Crippen molar-refractivity contribution in [3.8, 4) is 5.75 Å². The number of likely N-dealkylation sites (tertiary alicyclic amines) is 1. The fraction of sp³-hybridized carbons (Fsp3) is 0.400. The topological polar surface area (TPSA) is 93.4 Å². The minimum atomic E-state index is -1.25. The molecule has 1 fully saturated rings. The molecule has 0 bridgehead atoms. The van der Waals surface area contributed by atoms with Gasteiger partial charge in [-0.15, -0.1) is 0 Å². The molecule has 0 aromatic heterocycles. The number of hydrogen-bond acceptors (Lipinski definition) is 6. The fourth-order valence-corrected chi connectivity index (χ4v) is 3.27. The highest BCUT2D eigenvalue weighted by Gasteiger charge is 2.40. The standard InChI is InChI=1S/C20H25NO5/c22-12-17-19(24)20(25)18(23)11-21(17)10-15-7-4-8-16(9-15)26-13-14-5-2-1-3-6-14/h1-9,17-20,22-25H,10-13H2/t17-,18-,19+,20+/m0/s1. The molecule has 4 atom stereocenters. The molecule has 0 amide bonds. The molecule has 1 heterocycles. The van der Waals surface area contributed by atoms with Crippen LogP contribution in [0.2, 0.25) is 0 Å². The minimum Gasteiger partial charge on any atom is -0.489 e. The lowest BCUT2D eigenvalue weighted by Crippen LogP contribution is -2.62. The first kappa shape index (κ1) is 18.8. The minimum absolute atomic E-state index is 0.179. The van der Waals surface area contributed by atoms with E-state index in [0.717, 1.165) is 16.9 Å². The normalized spacial score (nSPS) is 26.6. The molecule has 0 spiro atoms. The van der Waals surface area contributed by atoms with E-state index in [2.05, 4.69) is 0 Å². The molecule has 140 valence electrons. The quantitative estimate of drug-likeness (QED) is 0.601. The van der Waals surface area contributed by atoms with Crippen LogP contribution in [0, 0.1) is 0 Å². The zero-order chi connectivity index (χ0) is 18.5. The molecule has 1 aliphatic rings. The van der Waals surface area contributed by atoms with E-state index in [1.807, 2.05) is 54.6 Å². The summed E-state index contributed by atoms with van der Waals surface area (Å²) in [4.78, 5) is 1.78. The van der Waals surface area contributed by atoms with Gasteiger partial charge in [0.05, 0.1) is 18.8 Å². The van der Waals surface area contributed by atoms with E-state index >= 15 is 0 Å². The molecule has 6 nitrogen and oxygen atoms in total. The number of benzene rings is 2. The second-order valence-corrected chi connectivity index (χ2v) is 6.65. The van der Waals surface area contributed by atoms with Gasteiger partial charge < -0.3 is 25.2 Å². The Kier molecular flexibility index (Phi) is 6.24. The maximum atomic E-state index is 10.1. The zero-order valence-corrected chi connectivity index (χ0v) is 14.5. The molecule has 0 saturated carbocycles. The molecular weight excluding hydrogens is 334 g/mol. The average Bonchev–Trinajstić information content (AvgIpc) is 2.66. The third-order valence-corrected chi connectivity index (χ3v) is 4.75. The van der Waals surface area contributed by atoms with Crippen molar-refractivity contribution in [3.63, 3.8) is 0 Å². The smallest absolute Gasteiger partial charge is 0.120 e. The molecule has 6 heteroatoms. The number of rotatable bonds is 6. The number of aliphatic hydroxyl groups is 4. The number of hydrogen-bond donors (Lipinski definition) is 4. The summed E-state index contributed by atoms with van der Waals surface area (Å²) >= 11 is 0. The van der Waals surface area contributed by atoms with E-state index in [-0.39, 0.29) is 13.2 Å². The summed E-state index contributed by atoms with van der Waals surface area (Å²) in [6.45, 7) is 0.777. The van der Waals surface area contributed by atoms with Crippen LogP contribution in [0.5, 0.6) is 5.75 Å². The number of ether oxygens (including phenoxy) is 1. The summed E-state index contributed by atoms with van der Waals surface area (Å²) in [5.74, 6) is 0.727. The Labute approximate surface area is 152 Å². The van der Waals surface area contributed by atoms with E-state index in [1.54, 1.807) is 4.90 Å². The van der Waals surface area contributed by atoms with Crippen molar-refractivity contribution in [1.29, 1.82) is 0 Å². The largest absolute Gasteiger partial charge is 0.489 e. The van der Waals surface area contributed by atoms with Crippen molar-refractivity contribution >= 4 is 0 Å². The zero-order valence-electron chi connectivity index (χ0n) is 14.5. The Bertz CT molecular complexity index is 696. The van der Waals surface area contributed by atoms with E-state index in [0.29, 0.717) is 13.2 Å². The number of aliphatic hydroxyl groups excluding tert-OH is 4. The van der Waals surface area contributed by atoms with Crippen molar-refractivity contribution in [1.82, 2.24) is 4.90 Å². The lowest BCUT2D eigenvalue weighted by molar-refractivity contribution is -0.147. The van der Waals surface area contributed by atoms with E-state index in [1.165, 1.54) is 0 Å². The maximum Gasteiger partial charge on any atom is 0.120 e. The average molecular weight is 359 g/mol. The van der Waals surface area contributed by atoms with E-state index in [9.17, 15) is 20.4 Å². The highest BCUT2D eigenvalue weighted by molar-refractivity contribution is 5.29. The second-order valence-electron chi connectivity index (χ2n) is 6.65. The molecule has 1 aliphatic heterocycles. The van der Waals surface area contributed by atoms with Crippen LogP contribution in [-0.4, -0.2) is 62.8 Å². The summed E-state index contributed by atoms with van der Waals surface area (Å²) in [5.41, 5.74) is 2.01. The van der Waals surface area contributed by atoms with Crippen LogP contribution in [0.15, 0.2) is 54.6 Å². The van der Waals surface area contributed by atoms with Gasteiger partial charge in [-0.25, -0.2) is 0 Å². The predicted molar refractivity (Wildman–Crippen MR) is 96.5 cm³/mol. The van der Waals surface area contributed by atoms with Gasteiger partial charge in [-0.05, 0) is 23.3 Å². The number of nitrogens with zero attached hydrogens (tertiary/aromatic N) is 1. The Morgan fingerprint density at radius 3 is 2.38 bits per heavy atom.